The molecule has 1 N–H and O–H groups in total. The van der Waals surface area contributed by atoms with E-state index in [1.807, 2.05) is 0 Å². The summed E-state index contributed by atoms with van der Waals surface area (Å²) in [5.41, 5.74) is 3.26. The third-order valence-corrected chi connectivity index (χ3v) is 4.94. The van der Waals surface area contributed by atoms with E-state index in [9.17, 15) is 4.79 Å². The standard InChI is InChI=1S/C23H49N2O2/c1-5-6-7-8-9-10-11-12-13-14-15-16-17-18-19-20-23(26)27-22-21-24-25(2,3)4/h24H,5-22H2,1-4H3/q+1. The van der Waals surface area contributed by atoms with Gasteiger partial charge in [0.05, 0.1) is 27.7 Å². The van der Waals surface area contributed by atoms with E-state index in [2.05, 4.69) is 33.5 Å². The third kappa shape index (κ3) is 23.4. The molecule has 0 atom stereocenters. The van der Waals surface area contributed by atoms with Crippen molar-refractivity contribution in [3.8, 4) is 0 Å². The summed E-state index contributed by atoms with van der Waals surface area (Å²) in [4.78, 5) is 11.6. The number of hydrogen-bond acceptors (Lipinski definition) is 3. The normalized spacial score (nSPS) is 11.7. The molecule has 0 aromatic carbocycles. The fourth-order valence-corrected chi connectivity index (χ4v) is 3.26. The molecule has 162 valence electrons. The van der Waals surface area contributed by atoms with Gasteiger partial charge >= 0.3 is 5.97 Å². The third-order valence-electron chi connectivity index (χ3n) is 4.94. The number of esters is 1. The molecule has 27 heavy (non-hydrogen) atoms. The molecule has 0 spiro atoms. The molecule has 0 aliphatic carbocycles. The van der Waals surface area contributed by atoms with Gasteiger partial charge in [0.15, 0.2) is 0 Å². The van der Waals surface area contributed by atoms with Gasteiger partial charge in [0.1, 0.15) is 6.61 Å². The Labute approximate surface area is 170 Å². The topological polar surface area (TPSA) is 38.3 Å². The number of carbonyl (C=O) groups is 1. The number of unbranched alkanes of at least 4 members (excludes halogenated alkanes) is 14. The predicted molar refractivity (Wildman–Crippen MR) is 117 cm³/mol. The Morgan fingerprint density at radius 1 is 0.704 bits per heavy atom. The minimum atomic E-state index is -0.0482. The molecule has 4 heteroatoms. The number of nitrogens with one attached hydrogen (secondary N) is 1. The number of hydrogen-bond donors (Lipinski definition) is 1. The Morgan fingerprint density at radius 2 is 1.11 bits per heavy atom. The van der Waals surface area contributed by atoms with E-state index in [1.54, 1.807) is 0 Å². The first-order chi connectivity index (χ1) is 13.0. The summed E-state index contributed by atoms with van der Waals surface area (Å²) in [6, 6.07) is 0. The smallest absolute Gasteiger partial charge is 0.305 e. The first-order valence-corrected chi connectivity index (χ1v) is 11.7. The van der Waals surface area contributed by atoms with E-state index >= 15 is 0 Å². The highest BCUT2D eigenvalue weighted by molar-refractivity contribution is 5.69. The average molecular weight is 386 g/mol. The molecule has 0 bridgehead atoms. The quantitative estimate of drug-likeness (QED) is 0.121. The van der Waals surface area contributed by atoms with Crippen LogP contribution < -0.4 is 5.43 Å². The first kappa shape index (κ1) is 26.4. The van der Waals surface area contributed by atoms with Crippen molar-refractivity contribution in [3.63, 3.8) is 0 Å². The Balaban J connectivity index is 3.17. The van der Waals surface area contributed by atoms with Crippen molar-refractivity contribution >= 4 is 5.97 Å². The van der Waals surface area contributed by atoms with Crippen LogP contribution in [0.2, 0.25) is 0 Å². The summed E-state index contributed by atoms with van der Waals surface area (Å²) in [7, 11) is 6.16. The van der Waals surface area contributed by atoms with Crippen LogP contribution in [0, 0.1) is 0 Å². The minimum absolute atomic E-state index is 0.0482. The molecule has 0 aromatic heterocycles. The summed E-state index contributed by atoms with van der Waals surface area (Å²) in [6.45, 7) is 3.45. The second-order valence-electron chi connectivity index (χ2n) is 8.84. The van der Waals surface area contributed by atoms with Crippen LogP contribution in [0.1, 0.15) is 110 Å². The molecule has 0 aliphatic heterocycles. The highest BCUT2D eigenvalue weighted by Crippen LogP contribution is 2.13. The number of nitrogens with zero attached hydrogens (tertiary/aromatic N) is 1. The van der Waals surface area contributed by atoms with Crippen LogP contribution in [-0.2, 0) is 9.53 Å². The van der Waals surface area contributed by atoms with Gasteiger partial charge in [-0.2, -0.15) is 5.43 Å². The van der Waals surface area contributed by atoms with Crippen molar-refractivity contribution in [3.05, 3.63) is 0 Å². The Morgan fingerprint density at radius 3 is 1.52 bits per heavy atom. The largest absolute Gasteiger partial charge is 0.464 e. The summed E-state index contributed by atoms with van der Waals surface area (Å²) in [5.74, 6) is -0.0482. The maximum atomic E-state index is 11.6. The van der Waals surface area contributed by atoms with E-state index in [0.717, 1.165) is 12.8 Å². The number of quaternary nitrogens is 1. The first-order valence-electron chi connectivity index (χ1n) is 11.7. The average Bonchev–Trinajstić information content (AvgIpc) is 2.61. The molecule has 0 fully saturated rings. The van der Waals surface area contributed by atoms with Crippen LogP contribution in [0.15, 0.2) is 0 Å². The van der Waals surface area contributed by atoms with Crippen molar-refractivity contribution in [2.75, 3.05) is 34.3 Å². The van der Waals surface area contributed by atoms with Gasteiger partial charge in [-0.05, 0) is 6.42 Å². The molecule has 0 radical (unpaired) electrons. The number of carbonyl (C=O) groups excluding carboxylic acids is 1. The molecule has 0 aliphatic rings. The van der Waals surface area contributed by atoms with Crippen LogP contribution in [-0.4, -0.2) is 44.9 Å². The molecule has 0 saturated heterocycles. The Hall–Kier alpha value is -0.610. The molecular weight excluding hydrogens is 336 g/mol. The van der Waals surface area contributed by atoms with Crippen molar-refractivity contribution in [1.82, 2.24) is 5.43 Å². The van der Waals surface area contributed by atoms with Gasteiger partial charge in [0, 0.05) is 6.42 Å². The maximum absolute atomic E-state index is 11.6. The zero-order chi connectivity index (χ0) is 20.2. The van der Waals surface area contributed by atoms with Gasteiger partial charge < -0.3 is 4.74 Å². The molecular formula is C23H49N2O2+. The fraction of sp³-hybridized carbons (Fsp3) is 0.957. The van der Waals surface area contributed by atoms with E-state index in [4.69, 9.17) is 4.74 Å². The van der Waals surface area contributed by atoms with Crippen LogP contribution in [0.25, 0.3) is 0 Å². The lowest BCUT2D eigenvalue weighted by Crippen LogP contribution is -2.49. The number of ether oxygens (including phenoxy) is 1. The zero-order valence-electron chi connectivity index (χ0n) is 19.0. The number of rotatable bonds is 20. The molecule has 0 unspecified atom stereocenters. The molecule has 0 saturated carbocycles. The van der Waals surface area contributed by atoms with Gasteiger partial charge in [-0.25, -0.2) is 0 Å². The van der Waals surface area contributed by atoms with Gasteiger partial charge in [0.2, 0.25) is 0 Å². The highest BCUT2D eigenvalue weighted by atomic mass is 16.5. The lowest BCUT2D eigenvalue weighted by atomic mass is 10.0. The second-order valence-corrected chi connectivity index (χ2v) is 8.84. The van der Waals surface area contributed by atoms with E-state index in [1.165, 1.54) is 83.5 Å². The fourth-order valence-electron chi connectivity index (χ4n) is 3.26. The Bertz CT molecular complexity index is 327. The van der Waals surface area contributed by atoms with Crippen molar-refractivity contribution in [2.24, 2.45) is 0 Å². The van der Waals surface area contributed by atoms with E-state index < -0.39 is 0 Å². The molecule has 0 heterocycles. The molecule has 0 aromatic rings. The minimum Gasteiger partial charge on any atom is -0.464 e. The summed E-state index contributed by atoms with van der Waals surface area (Å²) >= 11 is 0. The van der Waals surface area contributed by atoms with Gasteiger partial charge in [-0.15, -0.1) is 0 Å². The van der Waals surface area contributed by atoms with Gasteiger partial charge in [0.25, 0.3) is 0 Å². The summed E-state index contributed by atoms with van der Waals surface area (Å²) < 4.78 is 5.92. The van der Waals surface area contributed by atoms with Crippen molar-refractivity contribution in [2.45, 2.75) is 110 Å². The van der Waals surface area contributed by atoms with Crippen LogP contribution in [0.4, 0.5) is 0 Å². The Kier molecular flexibility index (Phi) is 18.3. The van der Waals surface area contributed by atoms with Crippen molar-refractivity contribution < 1.29 is 14.1 Å². The lowest BCUT2D eigenvalue weighted by Gasteiger charge is -2.23. The van der Waals surface area contributed by atoms with Crippen LogP contribution in [0.5, 0.6) is 0 Å². The van der Waals surface area contributed by atoms with Crippen molar-refractivity contribution in [1.29, 1.82) is 0 Å². The zero-order valence-corrected chi connectivity index (χ0v) is 19.0. The molecule has 0 amide bonds. The SMILES string of the molecule is CCCCCCCCCCCCCCCCCC(=O)OCCN[N+](C)(C)C. The molecule has 0 rings (SSSR count). The summed E-state index contributed by atoms with van der Waals surface area (Å²) in [5, 5.41) is 0. The lowest BCUT2D eigenvalue weighted by molar-refractivity contribution is -0.915. The summed E-state index contributed by atoms with van der Waals surface area (Å²) in [6.07, 6.45) is 20.8. The van der Waals surface area contributed by atoms with E-state index in [-0.39, 0.29) is 5.97 Å². The van der Waals surface area contributed by atoms with Gasteiger partial charge in [-0.3, -0.25) is 9.39 Å². The van der Waals surface area contributed by atoms with E-state index in [0.29, 0.717) is 24.2 Å². The monoisotopic (exact) mass is 385 g/mol. The predicted octanol–water partition coefficient (Wildman–Crippen LogP) is 6.00. The highest BCUT2D eigenvalue weighted by Gasteiger charge is 2.07. The molecule has 4 nitrogen and oxygen atoms in total. The second kappa shape index (κ2) is 18.7. The maximum Gasteiger partial charge on any atom is 0.305 e. The van der Waals surface area contributed by atoms with Gasteiger partial charge in [-0.1, -0.05) is 96.8 Å². The van der Waals surface area contributed by atoms with Crippen LogP contribution >= 0.6 is 0 Å². The van der Waals surface area contributed by atoms with Crippen LogP contribution in [0.3, 0.4) is 0 Å².